The van der Waals surface area contributed by atoms with Gasteiger partial charge in [0.2, 0.25) is 0 Å². The summed E-state index contributed by atoms with van der Waals surface area (Å²) in [5.41, 5.74) is 6.21. The third-order valence-electron chi connectivity index (χ3n) is 4.63. The molecule has 0 aromatic carbocycles. The van der Waals surface area contributed by atoms with Crippen LogP contribution in [0.3, 0.4) is 0 Å². The van der Waals surface area contributed by atoms with E-state index in [-0.39, 0.29) is 24.8 Å². The average Bonchev–Trinajstić information content (AvgIpc) is 2.61. The Bertz CT molecular complexity index is 251. The fourth-order valence-corrected chi connectivity index (χ4v) is 3.57. The highest BCUT2D eigenvalue weighted by atomic mass is 35.5. The largest absolute Gasteiger partial charge is 0.376 e. The van der Waals surface area contributed by atoms with Gasteiger partial charge in [-0.3, -0.25) is 0 Å². The number of hydrogen-bond acceptors (Lipinski definition) is 4. The molecular weight excluding hydrogens is 287 g/mol. The lowest BCUT2D eigenvalue weighted by Crippen LogP contribution is -2.49. The monoisotopic (exact) mass is 312 g/mol. The van der Waals surface area contributed by atoms with Gasteiger partial charge in [0, 0.05) is 25.7 Å². The van der Waals surface area contributed by atoms with E-state index in [9.17, 15) is 0 Å². The molecule has 3 aliphatic rings. The van der Waals surface area contributed by atoms with Crippen LogP contribution in [0.1, 0.15) is 19.3 Å². The Labute approximate surface area is 128 Å². The first-order valence-corrected chi connectivity index (χ1v) is 7.00. The maximum absolute atomic E-state index is 6.21. The summed E-state index contributed by atoms with van der Waals surface area (Å²) >= 11 is 0. The van der Waals surface area contributed by atoms with Crippen LogP contribution in [0.4, 0.5) is 0 Å². The van der Waals surface area contributed by atoms with Crippen molar-refractivity contribution >= 4 is 24.8 Å². The minimum absolute atomic E-state index is 0. The average molecular weight is 313 g/mol. The van der Waals surface area contributed by atoms with Gasteiger partial charge in [0.1, 0.15) is 0 Å². The van der Waals surface area contributed by atoms with E-state index in [1.54, 1.807) is 0 Å². The molecule has 19 heavy (non-hydrogen) atoms. The number of halogens is 2. The highest BCUT2D eigenvalue weighted by Gasteiger charge is 2.39. The molecule has 3 rings (SSSR count). The van der Waals surface area contributed by atoms with Crippen molar-refractivity contribution in [2.45, 2.75) is 31.4 Å². The van der Waals surface area contributed by atoms with Gasteiger partial charge in [0.15, 0.2) is 0 Å². The van der Waals surface area contributed by atoms with Crippen molar-refractivity contribution in [1.29, 1.82) is 0 Å². The lowest BCUT2D eigenvalue weighted by molar-refractivity contribution is -0.0934. The van der Waals surface area contributed by atoms with E-state index < -0.39 is 0 Å². The molecule has 2 bridgehead atoms. The summed E-state index contributed by atoms with van der Waals surface area (Å²) < 4.78 is 11.1. The summed E-state index contributed by atoms with van der Waals surface area (Å²) in [6.45, 7) is 5.85. The molecule has 4 atom stereocenters. The molecule has 2 heterocycles. The van der Waals surface area contributed by atoms with Crippen LogP contribution in [0.5, 0.6) is 0 Å². The predicted octanol–water partition coefficient (Wildman–Crippen LogP) is 1.30. The fourth-order valence-electron chi connectivity index (χ4n) is 3.57. The van der Waals surface area contributed by atoms with Gasteiger partial charge in [-0.2, -0.15) is 0 Å². The minimum Gasteiger partial charge on any atom is -0.376 e. The molecule has 1 saturated carbocycles. The van der Waals surface area contributed by atoms with Gasteiger partial charge < -0.3 is 20.1 Å². The van der Waals surface area contributed by atoms with Gasteiger partial charge in [0.25, 0.3) is 0 Å². The highest BCUT2D eigenvalue weighted by molar-refractivity contribution is 5.85. The van der Waals surface area contributed by atoms with Crippen molar-refractivity contribution in [3.63, 3.8) is 0 Å². The van der Waals surface area contributed by atoms with E-state index in [0.717, 1.165) is 44.6 Å². The first-order valence-electron chi connectivity index (χ1n) is 7.00. The van der Waals surface area contributed by atoms with Crippen molar-refractivity contribution in [2.75, 3.05) is 39.5 Å². The number of fused-ring (bicyclic) bond motifs is 2. The molecule has 2 aliphatic heterocycles. The molecule has 0 aromatic heterocycles. The molecule has 2 unspecified atom stereocenters. The van der Waals surface area contributed by atoms with Crippen LogP contribution in [0.25, 0.3) is 0 Å². The first kappa shape index (κ1) is 17.5. The zero-order valence-electron chi connectivity index (χ0n) is 11.3. The van der Waals surface area contributed by atoms with E-state index >= 15 is 0 Å². The molecule has 2 N–H and O–H groups in total. The van der Waals surface area contributed by atoms with Gasteiger partial charge in [-0.25, -0.2) is 0 Å². The van der Waals surface area contributed by atoms with Crippen LogP contribution >= 0.6 is 24.8 Å². The van der Waals surface area contributed by atoms with Crippen molar-refractivity contribution < 1.29 is 9.47 Å². The maximum Gasteiger partial charge on any atom is 0.0821 e. The molecular formula is C13H26Cl2N2O2. The van der Waals surface area contributed by atoms with Crippen molar-refractivity contribution in [1.82, 2.24) is 4.90 Å². The second-order valence-corrected chi connectivity index (χ2v) is 5.79. The molecule has 0 amide bonds. The summed E-state index contributed by atoms with van der Waals surface area (Å²) in [4.78, 5) is 2.59. The van der Waals surface area contributed by atoms with Crippen molar-refractivity contribution in [2.24, 2.45) is 17.6 Å². The standard InChI is InChI=1S/C13H24N2O2.2ClH/c14-13-10-1-2-11(13)8-15(7-10)4-3-12-9-16-5-6-17-12;;/h10-13H,1-9,14H2;2*1H/t10-,11+,12?,13?;;. The Morgan fingerprint density at radius 1 is 1.05 bits per heavy atom. The first-order chi connectivity index (χ1) is 8.33. The summed E-state index contributed by atoms with van der Waals surface area (Å²) in [6, 6.07) is 0.473. The van der Waals surface area contributed by atoms with Crippen LogP contribution in [0.15, 0.2) is 0 Å². The van der Waals surface area contributed by atoms with E-state index in [2.05, 4.69) is 4.90 Å². The zero-order chi connectivity index (χ0) is 11.7. The Balaban J connectivity index is 0.000000902. The Morgan fingerprint density at radius 2 is 1.74 bits per heavy atom. The number of likely N-dealkylation sites (tertiary alicyclic amines) is 1. The number of ether oxygens (including phenoxy) is 2. The topological polar surface area (TPSA) is 47.7 Å². The van der Waals surface area contributed by atoms with E-state index in [0.29, 0.717) is 12.1 Å². The van der Waals surface area contributed by atoms with E-state index in [4.69, 9.17) is 15.2 Å². The molecule has 4 nitrogen and oxygen atoms in total. The number of rotatable bonds is 3. The number of hydrogen-bond donors (Lipinski definition) is 1. The zero-order valence-corrected chi connectivity index (χ0v) is 13.0. The van der Waals surface area contributed by atoms with Gasteiger partial charge in [-0.05, 0) is 31.1 Å². The molecule has 0 aromatic rings. The molecule has 114 valence electrons. The van der Waals surface area contributed by atoms with Crippen molar-refractivity contribution in [3.05, 3.63) is 0 Å². The van der Waals surface area contributed by atoms with Crippen molar-refractivity contribution in [3.8, 4) is 0 Å². The summed E-state index contributed by atoms with van der Waals surface area (Å²) in [7, 11) is 0. The van der Waals surface area contributed by atoms with Crippen LogP contribution in [-0.4, -0.2) is 56.5 Å². The van der Waals surface area contributed by atoms with E-state index in [1.165, 1.54) is 25.9 Å². The van der Waals surface area contributed by atoms with Crippen LogP contribution < -0.4 is 5.73 Å². The second-order valence-electron chi connectivity index (χ2n) is 5.79. The quantitative estimate of drug-likeness (QED) is 0.853. The van der Waals surface area contributed by atoms with Gasteiger partial charge in [-0.1, -0.05) is 0 Å². The second kappa shape index (κ2) is 8.01. The minimum atomic E-state index is 0. The van der Waals surface area contributed by atoms with Gasteiger partial charge in [-0.15, -0.1) is 24.8 Å². The molecule has 0 spiro atoms. The van der Waals surface area contributed by atoms with Crippen LogP contribution in [0, 0.1) is 11.8 Å². The Kier molecular flexibility index (Phi) is 7.36. The predicted molar refractivity (Wildman–Crippen MR) is 80.3 cm³/mol. The molecule has 1 aliphatic carbocycles. The Hall–Kier alpha value is 0.420. The Morgan fingerprint density at radius 3 is 2.32 bits per heavy atom. The highest BCUT2D eigenvalue weighted by Crippen LogP contribution is 2.35. The van der Waals surface area contributed by atoms with Crippen LogP contribution in [-0.2, 0) is 9.47 Å². The maximum atomic E-state index is 6.21. The third-order valence-corrected chi connectivity index (χ3v) is 4.63. The SMILES string of the molecule is Cl.Cl.NC1[C@@H]2CC[C@H]1CN(CCC1COCCO1)C2. The van der Waals surface area contributed by atoms with Gasteiger partial charge >= 0.3 is 0 Å². The number of piperidine rings is 1. The third kappa shape index (κ3) is 4.19. The molecule has 2 saturated heterocycles. The van der Waals surface area contributed by atoms with Crippen LogP contribution in [0.2, 0.25) is 0 Å². The lowest BCUT2D eigenvalue weighted by atomic mass is 9.93. The summed E-state index contributed by atoms with van der Waals surface area (Å²) in [6.07, 6.45) is 4.10. The van der Waals surface area contributed by atoms with E-state index in [1.807, 2.05) is 0 Å². The lowest BCUT2D eigenvalue weighted by Gasteiger charge is -2.37. The summed E-state index contributed by atoms with van der Waals surface area (Å²) in [5, 5.41) is 0. The summed E-state index contributed by atoms with van der Waals surface area (Å²) in [5.74, 6) is 1.49. The number of nitrogens with zero attached hydrogens (tertiary/aromatic N) is 1. The number of nitrogens with two attached hydrogens (primary N) is 1. The molecule has 6 heteroatoms. The fraction of sp³-hybridized carbons (Fsp3) is 1.00. The molecule has 0 radical (unpaired) electrons. The normalized spacial score (nSPS) is 38.4. The molecule has 3 fully saturated rings. The van der Waals surface area contributed by atoms with Gasteiger partial charge in [0.05, 0.1) is 25.9 Å². The smallest absolute Gasteiger partial charge is 0.0821 e.